The van der Waals surface area contributed by atoms with Gasteiger partial charge in [-0.3, -0.25) is 0 Å². The average molecular weight is 173 g/mol. The molecule has 0 aliphatic heterocycles. The van der Waals surface area contributed by atoms with Crippen molar-refractivity contribution in [2.75, 3.05) is 0 Å². The first kappa shape index (κ1) is 7.98. The molecule has 1 aromatic carbocycles. The molecule has 0 atom stereocenters. The summed E-state index contributed by atoms with van der Waals surface area (Å²) in [7, 11) is 0. The molecule has 3 nitrogen and oxygen atoms in total. The van der Waals surface area contributed by atoms with E-state index in [9.17, 15) is 0 Å². The molecule has 1 aromatic heterocycles. The number of rotatable bonds is 2. The third kappa shape index (κ3) is 1.22. The smallest absolute Gasteiger partial charge is 0.113 e. The summed E-state index contributed by atoms with van der Waals surface area (Å²) in [6.45, 7) is 5.98. The Morgan fingerprint density at radius 2 is 2.23 bits per heavy atom. The molecule has 2 aromatic rings. The number of hydrogen-bond acceptors (Lipinski definition) is 2. The number of hydrogen-bond donors (Lipinski definition) is 0. The summed E-state index contributed by atoms with van der Waals surface area (Å²) < 4.78 is 1.79. The topological polar surface area (TPSA) is 30.7 Å². The van der Waals surface area contributed by atoms with Crippen molar-refractivity contribution < 1.29 is 0 Å². The highest BCUT2D eigenvalue weighted by Crippen LogP contribution is 2.14. The summed E-state index contributed by atoms with van der Waals surface area (Å²) in [5.41, 5.74) is 2.90. The van der Waals surface area contributed by atoms with E-state index in [1.54, 1.807) is 4.68 Å². The first-order chi connectivity index (χ1) is 6.33. The summed E-state index contributed by atoms with van der Waals surface area (Å²) >= 11 is 0. The van der Waals surface area contributed by atoms with Crippen molar-refractivity contribution in [1.82, 2.24) is 15.0 Å². The minimum atomic E-state index is 0.882. The number of nitrogens with zero attached hydrogens (tertiary/aromatic N) is 3. The van der Waals surface area contributed by atoms with Crippen LogP contribution in [-0.4, -0.2) is 15.0 Å². The normalized spacial score (nSPS) is 10.5. The molecule has 0 fully saturated rings. The minimum absolute atomic E-state index is 0.882. The maximum absolute atomic E-state index is 4.04. The first-order valence-electron chi connectivity index (χ1n) is 4.31. The Balaban J connectivity index is 2.64. The quantitative estimate of drug-likeness (QED) is 0.697. The van der Waals surface area contributed by atoms with Crippen LogP contribution in [0.1, 0.15) is 13.3 Å². The predicted octanol–water partition coefficient (Wildman–Crippen LogP) is 2.31. The summed E-state index contributed by atoms with van der Waals surface area (Å²) in [4.78, 5) is 0. The van der Waals surface area contributed by atoms with Crippen molar-refractivity contribution in [1.29, 1.82) is 0 Å². The van der Waals surface area contributed by atoms with E-state index in [0.29, 0.717) is 0 Å². The molecule has 66 valence electrons. The lowest BCUT2D eigenvalue weighted by Gasteiger charge is -2.01. The van der Waals surface area contributed by atoms with E-state index >= 15 is 0 Å². The highest BCUT2D eigenvalue weighted by molar-refractivity contribution is 5.77. The predicted molar refractivity (Wildman–Crippen MR) is 53.1 cm³/mol. The van der Waals surface area contributed by atoms with Crippen LogP contribution in [0.4, 0.5) is 0 Å². The highest BCUT2D eigenvalue weighted by atomic mass is 15.4. The lowest BCUT2D eigenvalue weighted by atomic mass is 10.3. The Morgan fingerprint density at radius 1 is 1.46 bits per heavy atom. The van der Waals surface area contributed by atoms with Gasteiger partial charge in [-0.25, -0.2) is 4.68 Å². The molecular weight excluding hydrogens is 162 g/mol. The van der Waals surface area contributed by atoms with Crippen LogP contribution < -0.4 is 0 Å². The Kier molecular flexibility index (Phi) is 1.85. The van der Waals surface area contributed by atoms with Gasteiger partial charge in [0.2, 0.25) is 0 Å². The fourth-order valence-electron chi connectivity index (χ4n) is 1.25. The van der Waals surface area contributed by atoms with Crippen LogP contribution in [0.15, 0.2) is 30.8 Å². The second-order valence-corrected chi connectivity index (χ2v) is 2.91. The van der Waals surface area contributed by atoms with E-state index in [0.717, 1.165) is 23.2 Å². The van der Waals surface area contributed by atoms with Crippen molar-refractivity contribution in [2.45, 2.75) is 13.3 Å². The molecule has 0 amide bonds. The van der Waals surface area contributed by atoms with Crippen LogP contribution in [-0.2, 0) is 0 Å². The van der Waals surface area contributed by atoms with E-state index in [4.69, 9.17) is 0 Å². The van der Waals surface area contributed by atoms with Crippen LogP contribution in [0.3, 0.4) is 0 Å². The summed E-state index contributed by atoms with van der Waals surface area (Å²) in [5, 5.41) is 8.07. The van der Waals surface area contributed by atoms with Crippen molar-refractivity contribution in [3.8, 4) is 0 Å². The van der Waals surface area contributed by atoms with Gasteiger partial charge in [0.15, 0.2) is 0 Å². The molecule has 0 radical (unpaired) electrons. The fraction of sp³-hybridized carbons (Fsp3) is 0.200. The van der Waals surface area contributed by atoms with Gasteiger partial charge in [-0.15, -0.1) is 5.10 Å². The summed E-state index contributed by atoms with van der Waals surface area (Å²) in [6, 6.07) is 7.87. The molecule has 1 heterocycles. The maximum atomic E-state index is 4.04. The molecule has 0 spiro atoms. The van der Waals surface area contributed by atoms with Gasteiger partial charge in [-0.1, -0.05) is 30.8 Å². The van der Waals surface area contributed by atoms with E-state index in [2.05, 4.69) is 23.8 Å². The third-order valence-electron chi connectivity index (χ3n) is 2.06. The van der Waals surface area contributed by atoms with Gasteiger partial charge in [-0.05, 0) is 18.6 Å². The maximum Gasteiger partial charge on any atom is 0.113 e. The first-order valence-corrected chi connectivity index (χ1v) is 4.31. The molecule has 0 N–H and O–H groups in total. The average Bonchev–Trinajstić information content (AvgIpc) is 2.60. The number of allylic oxidation sites excluding steroid dienone is 1. The van der Waals surface area contributed by atoms with Crippen LogP contribution >= 0.6 is 0 Å². The zero-order valence-electron chi connectivity index (χ0n) is 7.57. The van der Waals surface area contributed by atoms with Gasteiger partial charge in [0.05, 0.1) is 5.52 Å². The van der Waals surface area contributed by atoms with E-state index in [1.807, 2.05) is 24.3 Å². The zero-order chi connectivity index (χ0) is 9.26. The number of para-hydroxylation sites is 1. The molecule has 13 heavy (non-hydrogen) atoms. The zero-order valence-corrected chi connectivity index (χ0v) is 7.57. The molecule has 0 aliphatic rings. The Labute approximate surface area is 76.7 Å². The highest BCUT2D eigenvalue weighted by Gasteiger charge is 2.03. The van der Waals surface area contributed by atoms with Crippen LogP contribution in [0, 0.1) is 0 Å². The molecule has 0 bridgehead atoms. The van der Waals surface area contributed by atoms with Crippen molar-refractivity contribution in [2.24, 2.45) is 0 Å². The van der Waals surface area contributed by atoms with Gasteiger partial charge in [0.1, 0.15) is 5.52 Å². The van der Waals surface area contributed by atoms with Gasteiger partial charge in [0, 0.05) is 5.70 Å². The van der Waals surface area contributed by atoms with Crippen LogP contribution in [0.2, 0.25) is 0 Å². The SMILES string of the molecule is C=C(CC)n1nnc2ccccc21. The van der Waals surface area contributed by atoms with Crippen LogP contribution in [0.25, 0.3) is 16.7 Å². The summed E-state index contributed by atoms with van der Waals surface area (Å²) in [5.74, 6) is 0. The molecule has 2 rings (SSSR count). The van der Waals surface area contributed by atoms with Crippen molar-refractivity contribution in [3.05, 3.63) is 30.8 Å². The lowest BCUT2D eigenvalue weighted by molar-refractivity contribution is 0.818. The van der Waals surface area contributed by atoms with E-state index in [1.165, 1.54) is 0 Å². The van der Waals surface area contributed by atoms with E-state index < -0.39 is 0 Å². The second-order valence-electron chi connectivity index (χ2n) is 2.91. The fourth-order valence-corrected chi connectivity index (χ4v) is 1.25. The Hall–Kier alpha value is -1.64. The van der Waals surface area contributed by atoms with Crippen molar-refractivity contribution in [3.63, 3.8) is 0 Å². The third-order valence-corrected chi connectivity index (χ3v) is 2.06. The van der Waals surface area contributed by atoms with Crippen LogP contribution in [0.5, 0.6) is 0 Å². The van der Waals surface area contributed by atoms with Crippen molar-refractivity contribution >= 4 is 16.7 Å². The Morgan fingerprint density at radius 3 is 3.00 bits per heavy atom. The summed E-state index contributed by atoms with van der Waals surface area (Å²) in [6.07, 6.45) is 0.882. The lowest BCUT2D eigenvalue weighted by Crippen LogP contribution is -1.96. The Bertz CT molecular complexity index is 442. The standard InChI is InChI=1S/C10H11N3/c1-3-8(2)13-10-7-5-4-6-9(10)11-12-13/h4-7H,2-3H2,1H3. The molecular formula is C10H11N3. The van der Waals surface area contributed by atoms with Gasteiger partial charge >= 0.3 is 0 Å². The molecule has 3 heteroatoms. The minimum Gasteiger partial charge on any atom is -0.218 e. The number of aromatic nitrogens is 3. The monoisotopic (exact) mass is 173 g/mol. The van der Waals surface area contributed by atoms with Gasteiger partial charge in [0.25, 0.3) is 0 Å². The molecule has 0 saturated heterocycles. The molecule has 0 unspecified atom stereocenters. The second kappa shape index (κ2) is 3.01. The van der Waals surface area contributed by atoms with E-state index in [-0.39, 0.29) is 0 Å². The van der Waals surface area contributed by atoms with Gasteiger partial charge < -0.3 is 0 Å². The number of fused-ring (bicyclic) bond motifs is 1. The largest absolute Gasteiger partial charge is 0.218 e. The number of benzene rings is 1. The molecule has 0 saturated carbocycles. The molecule has 0 aliphatic carbocycles. The van der Waals surface area contributed by atoms with Gasteiger partial charge in [-0.2, -0.15) is 0 Å².